The van der Waals surface area contributed by atoms with Gasteiger partial charge in [0.2, 0.25) is 0 Å². The highest BCUT2D eigenvalue weighted by atomic mass is 16.3. The summed E-state index contributed by atoms with van der Waals surface area (Å²) in [5, 5.41) is 9.50. The third-order valence-corrected chi connectivity index (χ3v) is 4.67. The molecule has 0 radical (unpaired) electrons. The molecule has 4 rings (SSSR count). The number of hydrogen-bond acceptors (Lipinski definition) is 3. The molecule has 3 fully saturated rings. The van der Waals surface area contributed by atoms with E-state index in [0.29, 0.717) is 5.92 Å². The lowest BCUT2D eigenvalue weighted by Crippen LogP contribution is -2.50. The number of Topliss-reactive ketones (excluding diaryl/α,β-unsaturated/α-hetero) is 1. The van der Waals surface area contributed by atoms with Gasteiger partial charge >= 0.3 is 0 Å². The number of fused-ring (bicyclic) bond motifs is 3. The lowest BCUT2D eigenvalue weighted by Gasteiger charge is -2.44. The maximum atomic E-state index is 12.6. The lowest BCUT2D eigenvalue weighted by molar-refractivity contribution is 0.0419. The second-order valence-corrected chi connectivity index (χ2v) is 5.91. The highest BCUT2D eigenvalue weighted by molar-refractivity contribution is 5.98. The number of nitrogens with zero attached hydrogens (tertiary/aromatic N) is 1. The van der Waals surface area contributed by atoms with Crippen molar-refractivity contribution in [2.24, 2.45) is 11.8 Å². The molecule has 0 aliphatic carbocycles. The van der Waals surface area contributed by atoms with Gasteiger partial charge in [0.05, 0.1) is 6.10 Å². The Morgan fingerprint density at radius 1 is 1.26 bits per heavy atom. The Hall–Kier alpha value is -1.19. The number of piperidine rings is 3. The van der Waals surface area contributed by atoms with Gasteiger partial charge in [-0.1, -0.05) is 24.3 Å². The summed E-state index contributed by atoms with van der Waals surface area (Å²) in [4.78, 5) is 15.0. The van der Waals surface area contributed by atoms with Crippen molar-refractivity contribution < 1.29 is 9.90 Å². The average molecular weight is 259 g/mol. The summed E-state index contributed by atoms with van der Waals surface area (Å²) in [7, 11) is 0. The Labute approximate surface area is 114 Å². The first-order valence-corrected chi connectivity index (χ1v) is 7.20. The fourth-order valence-corrected chi connectivity index (χ4v) is 3.40. The van der Waals surface area contributed by atoms with Gasteiger partial charge in [0.1, 0.15) is 0 Å². The van der Waals surface area contributed by atoms with Crippen molar-refractivity contribution in [1.29, 1.82) is 0 Å². The molecule has 3 saturated heterocycles. The summed E-state index contributed by atoms with van der Waals surface area (Å²) >= 11 is 0. The SMILES string of the molecule is CC(O)c1ccc(C(=O)C2CN3CCC2CC3)cc1. The minimum absolute atomic E-state index is 0.180. The third kappa shape index (κ3) is 2.45. The first-order chi connectivity index (χ1) is 9.15. The number of hydrogen-bond donors (Lipinski definition) is 1. The van der Waals surface area contributed by atoms with Crippen molar-refractivity contribution >= 4 is 5.78 Å². The molecule has 3 aliphatic rings. The van der Waals surface area contributed by atoms with E-state index in [-0.39, 0.29) is 11.7 Å². The molecule has 2 atom stereocenters. The molecule has 102 valence electrons. The average Bonchev–Trinajstić information content (AvgIpc) is 2.47. The van der Waals surface area contributed by atoms with Gasteiger partial charge in [-0.2, -0.15) is 0 Å². The van der Waals surface area contributed by atoms with Crippen LogP contribution in [0.3, 0.4) is 0 Å². The van der Waals surface area contributed by atoms with Crippen LogP contribution in [0, 0.1) is 11.8 Å². The van der Waals surface area contributed by atoms with Crippen LogP contribution in [0.25, 0.3) is 0 Å². The number of benzene rings is 1. The Morgan fingerprint density at radius 3 is 2.37 bits per heavy atom. The van der Waals surface area contributed by atoms with E-state index in [1.807, 2.05) is 24.3 Å². The molecule has 19 heavy (non-hydrogen) atoms. The topological polar surface area (TPSA) is 40.5 Å². The first kappa shape index (κ1) is 12.8. The molecule has 2 bridgehead atoms. The highest BCUT2D eigenvalue weighted by Gasteiger charge is 2.38. The molecule has 1 N–H and O–H groups in total. The normalized spacial score (nSPS) is 31.2. The van der Waals surface area contributed by atoms with Crippen molar-refractivity contribution in [3.05, 3.63) is 35.4 Å². The highest BCUT2D eigenvalue weighted by Crippen LogP contribution is 2.34. The molecule has 3 aliphatic heterocycles. The molecule has 0 amide bonds. The van der Waals surface area contributed by atoms with E-state index in [0.717, 1.165) is 30.8 Å². The molecule has 0 spiro atoms. The van der Waals surface area contributed by atoms with Crippen LogP contribution in [0.15, 0.2) is 24.3 Å². The molecule has 3 nitrogen and oxygen atoms in total. The monoisotopic (exact) mass is 259 g/mol. The van der Waals surface area contributed by atoms with Gasteiger partial charge < -0.3 is 10.0 Å². The predicted octanol–water partition coefficient (Wildman–Crippen LogP) is 2.26. The molecule has 1 aromatic carbocycles. The molecule has 0 saturated carbocycles. The Balaban J connectivity index is 1.76. The van der Waals surface area contributed by atoms with Crippen molar-refractivity contribution in [3.63, 3.8) is 0 Å². The second kappa shape index (κ2) is 5.06. The van der Waals surface area contributed by atoms with Crippen molar-refractivity contribution in [1.82, 2.24) is 4.90 Å². The quantitative estimate of drug-likeness (QED) is 0.847. The third-order valence-electron chi connectivity index (χ3n) is 4.67. The molecule has 3 heteroatoms. The molecule has 3 heterocycles. The zero-order valence-electron chi connectivity index (χ0n) is 11.4. The molecule has 0 aromatic heterocycles. The van der Waals surface area contributed by atoms with Gasteiger partial charge in [-0.05, 0) is 44.3 Å². The van der Waals surface area contributed by atoms with Crippen LogP contribution in [0.2, 0.25) is 0 Å². The van der Waals surface area contributed by atoms with E-state index in [1.54, 1.807) is 6.92 Å². The minimum atomic E-state index is -0.471. The van der Waals surface area contributed by atoms with Crippen LogP contribution in [0.5, 0.6) is 0 Å². The van der Waals surface area contributed by atoms with Crippen LogP contribution in [-0.2, 0) is 0 Å². The predicted molar refractivity (Wildman–Crippen MR) is 74.1 cm³/mol. The fraction of sp³-hybridized carbons (Fsp3) is 0.562. The summed E-state index contributed by atoms with van der Waals surface area (Å²) in [5.41, 5.74) is 1.66. The number of aliphatic hydroxyl groups is 1. The summed E-state index contributed by atoms with van der Waals surface area (Å²) in [6.45, 7) is 5.00. The minimum Gasteiger partial charge on any atom is -0.389 e. The Kier molecular flexibility index (Phi) is 3.42. The molecule has 2 unspecified atom stereocenters. The van der Waals surface area contributed by atoms with Gasteiger partial charge in [-0.15, -0.1) is 0 Å². The summed E-state index contributed by atoms with van der Waals surface area (Å²) in [6.07, 6.45) is 1.87. The van der Waals surface area contributed by atoms with E-state index in [1.165, 1.54) is 12.8 Å². The number of carbonyl (C=O) groups excluding carboxylic acids is 1. The standard InChI is InChI=1S/C16H21NO2/c1-11(18)12-2-4-14(5-3-12)16(19)15-10-17-8-6-13(15)7-9-17/h2-5,11,13,15,18H,6-10H2,1H3. The van der Waals surface area contributed by atoms with E-state index in [2.05, 4.69) is 4.90 Å². The van der Waals surface area contributed by atoms with Crippen molar-refractivity contribution in [2.45, 2.75) is 25.9 Å². The van der Waals surface area contributed by atoms with E-state index < -0.39 is 6.10 Å². The maximum Gasteiger partial charge on any atom is 0.167 e. The van der Waals surface area contributed by atoms with Crippen LogP contribution < -0.4 is 0 Å². The number of aliphatic hydroxyl groups excluding tert-OH is 1. The molecular formula is C16H21NO2. The van der Waals surface area contributed by atoms with Gasteiger partial charge in [0, 0.05) is 18.0 Å². The van der Waals surface area contributed by atoms with E-state index >= 15 is 0 Å². The second-order valence-electron chi connectivity index (χ2n) is 5.91. The van der Waals surface area contributed by atoms with Crippen LogP contribution in [0.4, 0.5) is 0 Å². The summed E-state index contributed by atoms with van der Waals surface area (Å²) in [5.74, 6) is 1.04. The Bertz CT molecular complexity index is 458. The van der Waals surface area contributed by atoms with Crippen LogP contribution >= 0.6 is 0 Å². The lowest BCUT2D eigenvalue weighted by atomic mass is 9.75. The zero-order chi connectivity index (χ0) is 13.4. The molecular weight excluding hydrogens is 238 g/mol. The van der Waals surface area contributed by atoms with Gasteiger partial charge in [-0.25, -0.2) is 0 Å². The van der Waals surface area contributed by atoms with Crippen molar-refractivity contribution in [3.8, 4) is 0 Å². The summed E-state index contributed by atoms with van der Waals surface area (Å²) < 4.78 is 0. The zero-order valence-corrected chi connectivity index (χ0v) is 11.4. The Morgan fingerprint density at radius 2 is 1.89 bits per heavy atom. The summed E-state index contributed by atoms with van der Waals surface area (Å²) in [6, 6.07) is 7.45. The number of rotatable bonds is 3. The van der Waals surface area contributed by atoms with E-state index in [9.17, 15) is 9.90 Å². The number of carbonyl (C=O) groups is 1. The maximum absolute atomic E-state index is 12.6. The van der Waals surface area contributed by atoms with Crippen LogP contribution in [-0.4, -0.2) is 35.4 Å². The van der Waals surface area contributed by atoms with Gasteiger partial charge in [0.25, 0.3) is 0 Å². The number of ketones is 1. The van der Waals surface area contributed by atoms with Crippen LogP contribution in [0.1, 0.15) is 41.8 Å². The molecule has 1 aromatic rings. The van der Waals surface area contributed by atoms with E-state index in [4.69, 9.17) is 0 Å². The smallest absolute Gasteiger partial charge is 0.167 e. The first-order valence-electron chi connectivity index (χ1n) is 7.20. The van der Waals surface area contributed by atoms with Crippen molar-refractivity contribution in [2.75, 3.05) is 19.6 Å². The largest absolute Gasteiger partial charge is 0.389 e. The van der Waals surface area contributed by atoms with Gasteiger partial charge in [0.15, 0.2) is 5.78 Å². The fourth-order valence-electron chi connectivity index (χ4n) is 3.40. The van der Waals surface area contributed by atoms with Gasteiger partial charge in [-0.3, -0.25) is 4.79 Å².